The summed E-state index contributed by atoms with van der Waals surface area (Å²) >= 11 is 0. The van der Waals surface area contributed by atoms with Crippen LogP contribution in [-0.4, -0.2) is 0 Å². The van der Waals surface area contributed by atoms with Gasteiger partial charge in [-0.05, 0) is 67.4 Å². The molecule has 0 amide bonds. The maximum absolute atomic E-state index is 16.3. The molecule has 5 heteroatoms. The third-order valence-electron chi connectivity index (χ3n) is 8.57. The van der Waals surface area contributed by atoms with Gasteiger partial charge in [0.05, 0.1) is 0 Å². The largest absolute Gasteiger partial charge is 0.282 e. The second-order valence-electron chi connectivity index (χ2n) is 11.2. The van der Waals surface area contributed by atoms with Gasteiger partial charge in [0.25, 0.3) is 14.7 Å². The van der Waals surface area contributed by atoms with Gasteiger partial charge in [0.2, 0.25) is 0 Å². The molecule has 8 aromatic rings. The molecule has 45 heavy (non-hydrogen) atoms. The van der Waals surface area contributed by atoms with Gasteiger partial charge in [0.15, 0.2) is 0 Å². The molecule has 0 spiro atoms. The van der Waals surface area contributed by atoms with Gasteiger partial charge in [-0.15, -0.1) is 0 Å². The lowest BCUT2D eigenvalue weighted by atomic mass is 10.1. The highest BCUT2D eigenvalue weighted by Crippen LogP contribution is 2.63. The first-order chi connectivity index (χ1) is 22.1. The molecule has 0 fully saturated rings. The van der Waals surface area contributed by atoms with E-state index in [0.29, 0.717) is 21.2 Å². The average Bonchev–Trinajstić information content (AvgIpc) is 3.10. The first kappa shape index (κ1) is 27.7. The molecule has 0 aromatic heterocycles. The van der Waals surface area contributed by atoms with Crippen molar-refractivity contribution < 1.29 is 13.4 Å². The van der Waals surface area contributed by atoms with Crippen LogP contribution in [0.4, 0.5) is 0 Å². The molecule has 0 N–H and O–H groups in total. The zero-order chi connectivity index (χ0) is 30.4. The summed E-state index contributed by atoms with van der Waals surface area (Å²) < 4.78 is 39.7. The van der Waals surface area contributed by atoms with Crippen LogP contribution >= 0.6 is 14.7 Å². The summed E-state index contributed by atoms with van der Waals surface area (Å²) in [6.07, 6.45) is 0. The van der Waals surface area contributed by atoms with Gasteiger partial charge in [-0.25, -0.2) is 0 Å². The van der Waals surface area contributed by atoms with Crippen molar-refractivity contribution >= 4 is 79.0 Å². The highest BCUT2D eigenvalue weighted by Gasteiger charge is 2.43. The summed E-state index contributed by atoms with van der Waals surface area (Å²) in [7, 11) is -8.17. The van der Waals surface area contributed by atoms with Crippen molar-refractivity contribution in [3.63, 3.8) is 0 Å². The van der Waals surface area contributed by atoms with Crippen LogP contribution in [0.2, 0.25) is 0 Å². The van der Waals surface area contributed by atoms with E-state index in [1.807, 2.05) is 170 Å². The fourth-order valence-corrected chi connectivity index (χ4v) is 12.9. The molecular weight excluding hydrogens is 590 g/mol. The van der Waals surface area contributed by atoms with Crippen molar-refractivity contribution in [2.24, 2.45) is 0 Å². The fraction of sp³-hybridized carbons (Fsp3) is 0. The summed E-state index contributed by atoms with van der Waals surface area (Å²) in [4.78, 5) is 0. The maximum atomic E-state index is 16.3. The van der Waals surface area contributed by atoms with Crippen LogP contribution < -0.4 is 21.2 Å². The van der Waals surface area contributed by atoms with E-state index in [1.165, 1.54) is 0 Å². The topological polar surface area (TPSA) is 43.4 Å². The van der Waals surface area contributed by atoms with Crippen LogP contribution in [0.3, 0.4) is 0 Å². The molecule has 0 unspecified atom stereocenters. The number of hydrogen-bond donors (Lipinski definition) is 0. The lowest BCUT2D eigenvalue weighted by Gasteiger charge is -2.29. The van der Waals surface area contributed by atoms with E-state index >= 15 is 9.13 Å². The van der Waals surface area contributed by atoms with Crippen molar-refractivity contribution in [1.29, 1.82) is 0 Å². The van der Waals surface area contributed by atoms with Crippen LogP contribution in [0, 0.1) is 0 Å². The summed E-state index contributed by atoms with van der Waals surface area (Å²) in [5, 5.41) is 9.06. The van der Waals surface area contributed by atoms with E-state index in [1.54, 1.807) is 0 Å². The first-order valence-electron chi connectivity index (χ1n) is 14.9. The normalized spacial score (nSPS) is 12.3. The maximum Gasteiger partial charge on any atom is 0.268 e. The molecule has 0 aliphatic carbocycles. The van der Waals surface area contributed by atoms with Crippen molar-refractivity contribution in [2.45, 2.75) is 0 Å². The molecule has 0 radical (unpaired) electrons. The Hall–Kier alpha value is -4.78. The Morgan fingerprint density at radius 1 is 0.289 bits per heavy atom. The monoisotopic (exact) mass is 618 g/mol. The average molecular weight is 619 g/mol. The molecule has 8 aromatic carbocycles. The summed E-state index contributed by atoms with van der Waals surface area (Å²) in [6.45, 7) is 0. The highest BCUT2D eigenvalue weighted by atomic mass is 31.2. The third kappa shape index (κ3) is 4.55. The van der Waals surface area contributed by atoms with Gasteiger partial charge in [0.1, 0.15) is 0 Å². The van der Waals surface area contributed by atoms with E-state index in [-0.39, 0.29) is 0 Å². The van der Waals surface area contributed by atoms with Crippen LogP contribution in [0.5, 0.6) is 0 Å². The number of benzene rings is 8. The van der Waals surface area contributed by atoms with Gasteiger partial charge in [-0.3, -0.25) is 13.4 Å². The van der Waals surface area contributed by atoms with E-state index in [4.69, 9.17) is 4.31 Å². The van der Waals surface area contributed by atoms with Gasteiger partial charge in [0, 0.05) is 21.2 Å². The Morgan fingerprint density at radius 3 is 0.778 bits per heavy atom. The van der Waals surface area contributed by atoms with Crippen molar-refractivity contribution in [1.82, 2.24) is 0 Å². The molecule has 216 valence electrons. The Morgan fingerprint density at radius 2 is 0.511 bits per heavy atom. The van der Waals surface area contributed by atoms with E-state index in [0.717, 1.165) is 43.1 Å². The van der Waals surface area contributed by atoms with Crippen LogP contribution in [0.1, 0.15) is 0 Å². The number of hydrogen-bond acceptors (Lipinski definition) is 3. The Kier molecular flexibility index (Phi) is 6.77. The van der Waals surface area contributed by atoms with Gasteiger partial charge >= 0.3 is 0 Å². The smallest absolute Gasteiger partial charge is 0.268 e. The molecule has 3 nitrogen and oxygen atoms in total. The quantitative estimate of drug-likeness (QED) is 0.174. The van der Waals surface area contributed by atoms with E-state index in [9.17, 15) is 0 Å². The molecular formula is C40H28O3P2. The molecule has 0 aliphatic heterocycles. The van der Waals surface area contributed by atoms with Crippen LogP contribution in [-0.2, 0) is 13.4 Å². The molecule has 0 heterocycles. The summed E-state index contributed by atoms with van der Waals surface area (Å²) in [5.74, 6) is 0. The van der Waals surface area contributed by atoms with Crippen molar-refractivity contribution in [3.8, 4) is 0 Å². The minimum atomic E-state index is -4.09. The van der Waals surface area contributed by atoms with Gasteiger partial charge in [-0.1, -0.05) is 146 Å². The zero-order valence-electron chi connectivity index (χ0n) is 24.3. The highest BCUT2D eigenvalue weighted by molar-refractivity contribution is 7.87. The minimum absolute atomic E-state index is 0.526. The predicted molar refractivity (Wildman–Crippen MR) is 191 cm³/mol. The second-order valence-corrected chi connectivity index (χ2v) is 16.0. The predicted octanol–water partition coefficient (Wildman–Crippen LogP) is 9.47. The van der Waals surface area contributed by atoms with Crippen LogP contribution in [0.25, 0.3) is 43.1 Å². The lowest BCUT2D eigenvalue weighted by Crippen LogP contribution is -2.25. The number of fused-ring (bicyclic) bond motifs is 4. The molecule has 8 rings (SSSR count). The minimum Gasteiger partial charge on any atom is -0.282 e. The Labute approximate surface area is 261 Å². The summed E-state index contributed by atoms with van der Waals surface area (Å²) in [5.41, 5.74) is 0. The second kappa shape index (κ2) is 11.0. The van der Waals surface area contributed by atoms with Gasteiger partial charge in [-0.2, -0.15) is 0 Å². The number of rotatable bonds is 6. The van der Waals surface area contributed by atoms with Gasteiger partial charge < -0.3 is 0 Å². The van der Waals surface area contributed by atoms with E-state index < -0.39 is 14.7 Å². The van der Waals surface area contributed by atoms with Crippen molar-refractivity contribution in [2.75, 3.05) is 0 Å². The lowest BCUT2D eigenvalue weighted by molar-refractivity contribution is 0.486. The third-order valence-corrected chi connectivity index (χ3v) is 14.5. The SMILES string of the molecule is O=P(OP(=O)(c1cccc2ccccc12)c1cccc2ccccc12)(c1cccc2ccccc12)c1cccc2ccccc12. The van der Waals surface area contributed by atoms with Crippen LogP contribution in [0.15, 0.2) is 170 Å². The molecule has 0 aliphatic rings. The standard InChI is InChI=1S/C40H28O3P2/c41-44(37-25-9-17-29-13-1-5-21-33(29)37,38-26-10-18-30-14-2-6-22-34(30)38)43-45(42,39-27-11-19-31-15-3-7-23-35(31)39)40-28-12-20-32-16-4-8-24-36(32)40/h1-28H. The molecule has 0 saturated heterocycles. The van der Waals surface area contributed by atoms with Crippen molar-refractivity contribution in [3.05, 3.63) is 170 Å². The molecule has 0 bridgehead atoms. The first-order valence-corrected chi connectivity index (χ1v) is 18.2. The fourth-order valence-electron chi connectivity index (χ4n) is 6.46. The van der Waals surface area contributed by atoms with E-state index in [2.05, 4.69) is 0 Å². The Bertz CT molecular complexity index is 2140. The Balaban J connectivity index is 1.51. The molecule has 0 atom stereocenters. The summed E-state index contributed by atoms with van der Waals surface area (Å²) in [6, 6.07) is 54.5. The molecule has 0 saturated carbocycles. The zero-order valence-corrected chi connectivity index (χ0v) is 26.1.